The molecule has 1 heterocycles. The summed E-state index contributed by atoms with van der Waals surface area (Å²) in [6, 6.07) is 89.5. The van der Waals surface area contributed by atoms with Gasteiger partial charge in [-0.1, -0.05) is 194 Å². The highest BCUT2D eigenvalue weighted by atomic mass is 16.3. The number of rotatable bonds is 8. The smallest absolute Gasteiger partial charge is 0.143 e. The van der Waals surface area contributed by atoms with Gasteiger partial charge in [-0.2, -0.15) is 0 Å². The fourth-order valence-electron chi connectivity index (χ4n) is 9.49. The predicted octanol–water partition coefficient (Wildman–Crippen LogP) is 17.7. The summed E-state index contributed by atoms with van der Waals surface area (Å²) in [4.78, 5) is 2.35. The van der Waals surface area contributed by atoms with Crippen molar-refractivity contribution in [2.45, 2.75) is 0 Å². The fraction of sp³-hybridized carbons (Fsp3) is 0. The summed E-state index contributed by atoms with van der Waals surface area (Å²) in [6.45, 7) is 0. The second-order valence-corrected chi connectivity index (χ2v) is 16.5. The summed E-state index contributed by atoms with van der Waals surface area (Å²) in [5.41, 5.74) is 14.5. The molecule has 0 fully saturated rings. The van der Waals surface area contributed by atoms with Crippen molar-refractivity contribution in [3.63, 3.8) is 0 Å². The average Bonchev–Trinajstić information content (AvgIpc) is 3.77. The zero-order chi connectivity index (χ0) is 42.4. The molecule has 11 aromatic carbocycles. The Labute approximate surface area is 372 Å². The summed E-state index contributed by atoms with van der Waals surface area (Å²) < 4.78 is 6.60. The molecule has 2 heteroatoms. The van der Waals surface area contributed by atoms with E-state index in [-0.39, 0.29) is 0 Å². The molecule has 0 N–H and O–H groups in total. The van der Waals surface area contributed by atoms with Crippen LogP contribution in [0, 0.1) is 0 Å². The van der Waals surface area contributed by atoms with Gasteiger partial charge >= 0.3 is 0 Å². The Balaban J connectivity index is 0.912. The lowest BCUT2D eigenvalue weighted by Gasteiger charge is -2.26. The molecule has 0 aliphatic heterocycles. The highest BCUT2D eigenvalue weighted by Crippen LogP contribution is 2.43. The van der Waals surface area contributed by atoms with Crippen molar-refractivity contribution < 1.29 is 4.42 Å². The molecule has 1 aromatic heterocycles. The number of nitrogens with zero attached hydrogens (tertiary/aromatic N) is 1. The third kappa shape index (κ3) is 6.70. The minimum atomic E-state index is 0.879. The van der Waals surface area contributed by atoms with E-state index in [1.54, 1.807) is 0 Å². The van der Waals surface area contributed by atoms with Crippen LogP contribution in [0.25, 0.3) is 99.1 Å². The van der Waals surface area contributed by atoms with Gasteiger partial charge in [-0.15, -0.1) is 0 Å². The second kappa shape index (κ2) is 15.8. The van der Waals surface area contributed by atoms with Gasteiger partial charge in [0, 0.05) is 33.6 Å². The quantitative estimate of drug-likeness (QED) is 0.142. The standard InChI is InChI=1S/C62H41NO/c1-2-14-47(15-3-1)61-59-21-8-9-23-60(59)64-62(61)51-18-10-17-48(41-51)42-26-33-52(34-27-42)63(54-37-30-46(31-38-54)57-22-11-16-44-12-4-6-19-55(44)57)53-35-28-43(29-36-53)49-32-39-58-50(40-49)25-24-45-13-5-7-20-56(45)58/h1-41H. The molecule has 0 bridgehead atoms. The Morgan fingerprint density at radius 1 is 0.266 bits per heavy atom. The van der Waals surface area contributed by atoms with Crippen molar-refractivity contribution in [1.82, 2.24) is 0 Å². The van der Waals surface area contributed by atoms with Crippen LogP contribution >= 0.6 is 0 Å². The molecule has 0 unspecified atom stereocenters. The molecule has 0 saturated heterocycles. The van der Waals surface area contributed by atoms with Crippen molar-refractivity contribution in [3.8, 4) is 55.8 Å². The molecule has 0 saturated carbocycles. The summed E-state index contributed by atoms with van der Waals surface area (Å²) in [5, 5.41) is 8.67. The summed E-state index contributed by atoms with van der Waals surface area (Å²) >= 11 is 0. The first-order chi connectivity index (χ1) is 31.7. The number of hydrogen-bond acceptors (Lipinski definition) is 2. The van der Waals surface area contributed by atoms with Crippen LogP contribution in [0.2, 0.25) is 0 Å². The Morgan fingerprint density at radius 3 is 1.47 bits per heavy atom. The largest absolute Gasteiger partial charge is 0.455 e. The number of benzene rings is 11. The first kappa shape index (κ1) is 37.3. The maximum atomic E-state index is 6.60. The normalized spacial score (nSPS) is 11.4. The van der Waals surface area contributed by atoms with E-state index in [9.17, 15) is 0 Å². The molecule has 0 amide bonds. The number of anilines is 3. The molecule has 0 atom stereocenters. The molecule has 0 aliphatic carbocycles. The van der Waals surface area contributed by atoms with Gasteiger partial charge in [0.25, 0.3) is 0 Å². The lowest BCUT2D eigenvalue weighted by molar-refractivity contribution is 0.632. The molecule has 2 nitrogen and oxygen atoms in total. The summed E-state index contributed by atoms with van der Waals surface area (Å²) in [5.74, 6) is 0.879. The van der Waals surface area contributed by atoms with E-state index in [1.807, 2.05) is 6.07 Å². The summed E-state index contributed by atoms with van der Waals surface area (Å²) in [7, 11) is 0. The topological polar surface area (TPSA) is 16.4 Å². The lowest BCUT2D eigenvalue weighted by atomic mass is 9.96. The predicted molar refractivity (Wildman–Crippen MR) is 271 cm³/mol. The van der Waals surface area contributed by atoms with Gasteiger partial charge in [0.1, 0.15) is 11.3 Å². The molecule has 0 radical (unpaired) electrons. The van der Waals surface area contributed by atoms with E-state index < -0.39 is 0 Å². The molecule has 64 heavy (non-hydrogen) atoms. The van der Waals surface area contributed by atoms with E-state index in [4.69, 9.17) is 4.42 Å². The highest BCUT2D eigenvalue weighted by molar-refractivity contribution is 6.08. The Kier molecular flexibility index (Phi) is 9.20. The SMILES string of the molecule is c1ccc(-c2c(-c3cccc(-c4ccc(N(c5ccc(-c6ccc7c(ccc8ccccc87)c6)cc5)c5ccc(-c6cccc7ccccc67)cc5)cc4)c3)oc3ccccc23)cc1. The number of hydrogen-bond donors (Lipinski definition) is 0. The van der Waals surface area contributed by atoms with Gasteiger partial charge in [-0.05, 0) is 126 Å². The molecular weight excluding hydrogens is 775 g/mol. The van der Waals surface area contributed by atoms with E-state index >= 15 is 0 Å². The maximum Gasteiger partial charge on any atom is 0.143 e. The van der Waals surface area contributed by atoms with E-state index in [2.05, 4.69) is 248 Å². The van der Waals surface area contributed by atoms with Crippen LogP contribution in [0.15, 0.2) is 253 Å². The summed E-state index contributed by atoms with van der Waals surface area (Å²) in [6.07, 6.45) is 0. The van der Waals surface area contributed by atoms with Crippen molar-refractivity contribution in [1.29, 1.82) is 0 Å². The highest BCUT2D eigenvalue weighted by Gasteiger charge is 2.19. The Hall–Kier alpha value is -8.46. The van der Waals surface area contributed by atoms with Gasteiger partial charge < -0.3 is 9.32 Å². The van der Waals surface area contributed by atoms with Crippen molar-refractivity contribution in [2.75, 3.05) is 4.90 Å². The van der Waals surface area contributed by atoms with Gasteiger partial charge in [-0.3, -0.25) is 0 Å². The first-order valence-corrected chi connectivity index (χ1v) is 21.9. The molecule has 12 rings (SSSR count). The third-order valence-corrected chi connectivity index (χ3v) is 12.7. The van der Waals surface area contributed by atoms with Gasteiger partial charge in [-0.25, -0.2) is 0 Å². The minimum Gasteiger partial charge on any atom is -0.455 e. The third-order valence-electron chi connectivity index (χ3n) is 12.7. The zero-order valence-corrected chi connectivity index (χ0v) is 35.0. The molecule has 12 aromatic rings. The van der Waals surface area contributed by atoms with E-state index in [0.29, 0.717) is 0 Å². The second-order valence-electron chi connectivity index (χ2n) is 16.5. The van der Waals surface area contributed by atoms with E-state index in [0.717, 1.165) is 61.6 Å². The van der Waals surface area contributed by atoms with Crippen molar-refractivity contribution in [3.05, 3.63) is 249 Å². The van der Waals surface area contributed by atoms with Gasteiger partial charge in [0.2, 0.25) is 0 Å². The number of furan rings is 1. The van der Waals surface area contributed by atoms with Crippen molar-refractivity contribution >= 4 is 60.3 Å². The Bertz CT molecular complexity index is 3630. The van der Waals surface area contributed by atoms with Crippen LogP contribution in [0.5, 0.6) is 0 Å². The van der Waals surface area contributed by atoms with E-state index in [1.165, 1.54) is 54.6 Å². The van der Waals surface area contributed by atoms with Crippen LogP contribution < -0.4 is 4.90 Å². The number of para-hydroxylation sites is 1. The first-order valence-electron chi connectivity index (χ1n) is 21.9. The minimum absolute atomic E-state index is 0.879. The van der Waals surface area contributed by atoms with Crippen molar-refractivity contribution in [2.24, 2.45) is 0 Å². The molecule has 300 valence electrons. The molecule has 0 aliphatic rings. The molecule has 0 spiro atoms. The van der Waals surface area contributed by atoms with Crippen LogP contribution in [-0.4, -0.2) is 0 Å². The van der Waals surface area contributed by atoms with Gasteiger partial charge in [0.15, 0.2) is 0 Å². The molecular formula is C62H41NO. The van der Waals surface area contributed by atoms with Crippen LogP contribution in [0.3, 0.4) is 0 Å². The van der Waals surface area contributed by atoms with Gasteiger partial charge in [0.05, 0.1) is 0 Å². The monoisotopic (exact) mass is 815 g/mol. The fourth-order valence-corrected chi connectivity index (χ4v) is 9.49. The maximum absolute atomic E-state index is 6.60. The average molecular weight is 816 g/mol. The number of fused-ring (bicyclic) bond motifs is 5. The van der Waals surface area contributed by atoms with Crippen LogP contribution in [0.4, 0.5) is 17.1 Å². The van der Waals surface area contributed by atoms with Crippen LogP contribution in [-0.2, 0) is 0 Å². The lowest BCUT2D eigenvalue weighted by Crippen LogP contribution is -2.09. The van der Waals surface area contributed by atoms with Crippen LogP contribution in [0.1, 0.15) is 0 Å². The zero-order valence-electron chi connectivity index (χ0n) is 35.0. The Morgan fingerprint density at radius 2 is 0.750 bits per heavy atom.